The molecule has 9 heteroatoms. The van der Waals surface area contributed by atoms with Gasteiger partial charge >= 0.3 is 0 Å². The van der Waals surface area contributed by atoms with Gasteiger partial charge in [0.05, 0.1) is 23.1 Å². The van der Waals surface area contributed by atoms with Crippen molar-refractivity contribution in [1.82, 2.24) is 4.90 Å². The van der Waals surface area contributed by atoms with E-state index in [9.17, 15) is 24.5 Å². The molecule has 0 aliphatic carbocycles. The van der Waals surface area contributed by atoms with Gasteiger partial charge in [0.15, 0.2) is 0 Å². The number of nitro groups is 1. The number of para-hydroxylation sites is 1. The van der Waals surface area contributed by atoms with E-state index in [1.54, 1.807) is 30.3 Å². The Hall–Kier alpha value is -3.59. The fourth-order valence-electron chi connectivity index (χ4n) is 3.99. The van der Waals surface area contributed by atoms with Crippen LogP contribution in [0.25, 0.3) is 0 Å². The minimum Gasteiger partial charge on any atom is -0.376 e. The van der Waals surface area contributed by atoms with Crippen LogP contribution in [0.15, 0.2) is 54.6 Å². The van der Waals surface area contributed by atoms with Crippen LogP contribution >= 0.6 is 0 Å². The van der Waals surface area contributed by atoms with Crippen LogP contribution in [0.3, 0.4) is 0 Å². The summed E-state index contributed by atoms with van der Waals surface area (Å²) in [6.07, 6.45) is 1.17. The fraction of sp³-hybridized carbons (Fsp3) is 0.318. The van der Waals surface area contributed by atoms with Gasteiger partial charge in [-0.3, -0.25) is 24.5 Å². The molecule has 2 unspecified atom stereocenters. The normalized spacial score (nSPS) is 20.8. The van der Waals surface area contributed by atoms with E-state index in [0.717, 1.165) is 17.7 Å². The topological polar surface area (TPSA) is 110 Å². The Balaban J connectivity index is 1.66. The molecule has 2 heterocycles. The van der Waals surface area contributed by atoms with Gasteiger partial charge < -0.3 is 9.64 Å². The number of amides is 3. The minimum absolute atomic E-state index is 0.0885. The van der Waals surface area contributed by atoms with Crippen LogP contribution in [0.5, 0.6) is 0 Å². The highest BCUT2D eigenvalue weighted by molar-refractivity contribution is 6.23. The van der Waals surface area contributed by atoms with Crippen LogP contribution in [0.4, 0.5) is 11.4 Å². The maximum atomic E-state index is 13.4. The molecule has 0 N–H and O–H groups in total. The van der Waals surface area contributed by atoms with Crippen molar-refractivity contribution in [1.29, 1.82) is 0 Å². The molecule has 2 aromatic rings. The number of anilines is 1. The van der Waals surface area contributed by atoms with Crippen LogP contribution in [-0.4, -0.2) is 52.8 Å². The van der Waals surface area contributed by atoms with Gasteiger partial charge in [0.1, 0.15) is 6.04 Å². The number of imide groups is 1. The Kier molecular flexibility index (Phi) is 5.77. The third-order valence-electron chi connectivity index (χ3n) is 5.50. The van der Waals surface area contributed by atoms with Crippen molar-refractivity contribution in [3.05, 3.63) is 70.3 Å². The molecule has 2 atom stereocenters. The molecule has 4 rings (SSSR count). The van der Waals surface area contributed by atoms with Gasteiger partial charge in [0.2, 0.25) is 5.91 Å². The first-order chi connectivity index (χ1) is 15.0. The fourth-order valence-corrected chi connectivity index (χ4v) is 3.99. The molecule has 2 aliphatic rings. The molecule has 0 aromatic heterocycles. The van der Waals surface area contributed by atoms with E-state index in [-0.39, 0.29) is 30.3 Å². The summed E-state index contributed by atoms with van der Waals surface area (Å²) in [6, 6.07) is 12.9. The van der Waals surface area contributed by atoms with E-state index in [2.05, 4.69) is 0 Å². The Morgan fingerprint density at radius 2 is 1.94 bits per heavy atom. The SMILES string of the molecule is O=C1CC(N(CC2CCCO2)C(=O)c2cccc([N+](=O)[O-])c2)C(=O)N1c1ccccc1. The number of rotatable bonds is 6. The number of hydrogen-bond donors (Lipinski definition) is 0. The molecule has 2 saturated heterocycles. The average molecular weight is 423 g/mol. The molecule has 160 valence electrons. The molecule has 31 heavy (non-hydrogen) atoms. The van der Waals surface area contributed by atoms with E-state index >= 15 is 0 Å². The number of nitro benzene ring substituents is 1. The van der Waals surface area contributed by atoms with E-state index in [0.29, 0.717) is 12.3 Å². The van der Waals surface area contributed by atoms with Gasteiger partial charge in [-0.25, -0.2) is 4.90 Å². The van der Waals surface area contributed by atoms with Gasteiger partial charge in [0.25, 0.3) is 17.5 Å². The predicted molar refractivity (Wildman–Crippen MR) is 110 cm³/mol. The zero-order chi connectivity index (χ0) is 22.0. The lowest BCUT2D eigenvalue weighted by molar-refractivity contribution is -0.384. The molecule has 2 aliphatic heterocycles. The van der Waals surface area contributed by atoms with Gasteiger partial charge in [-0.1, -0.05) is 24.3 Å². The first-order valence-electron chi connectivity index (χ1n) is 10.0. The number of benzene rings is 2. The lowest BCUT2D eigenvalue weighted by Crippen LogP contribution is -2.48. The molecule has 0 bridgehead atoms. The quantitative estimate of drug-likeness (QED) is 0.401. The minimum atomic E-state index is -0.997. The summed E-state index contributed by atoms with van der Waals surface area (Å²) >= 11 is 0. The lowest BCUT2D eigenvalue weighted by atomic mass is 10.1. The molecule has 2 fully saturated rings. The molecular formula is C22H21N3O6. The summed E-state index contributed by atoms with van der Waals surface area (Å²) in [5.74, 6) is -1.43. The Morgan fingerprint density at radius 3 is 2.61 bits per heavy atom. The largest absolute Gasteiger partial charge is 0.376 e. The first kappa shape index (κ1) is 20.7. The molecule has 0 saturated carbocycles. The Morgan fingerprint density at radius 1 is 1.16 bits per heavy atom. The van der Waals surface area contributed by atoms with Gasteiger partial charge in [-0.2, -0.15) is 0 Å². The first-order valence-corrected chi connectivity index (χ1v) is 10.0. The second kappa shape index (κ2) is 8.65. The van der Waals surface area contributed by atoms with E-state index in [1.165, 1.54) is 29.2 Å². The molecular weight excluding hydrogens is 402 g/mol. The molecule has 9 nitrogen and oxygen atoms in total. The summed E-state index contributed by atoms with van der Waals surface area (Å²) in [5.41, 5.74) is 0.313. The Bertz CT molecular complexity index is 1020. The van der Waals surface area contributed by atoms with Gasteiger partial charge in [0, 0.05) is 30.8 Å². The number of ether oxygens (including phenoxy) is 1. The Labute approximate surface area is 178 Å². The summed E-state index contributed by atoms with van der Waals surface area (Å²) in [4.78, 5) is 52.2. The second-order valence-electron chi connectivity index (χ2n) is 7.52. The van der Waals surface area contributed by atoms with Crippen molar-refractivity contribution >= 4 is 29.1 Å². The highest BCUT2D eigenvalue weighted by atomic mass is 16.6. The number of carbonyl (C=O) groups is 3. The van der Waals surface area contributed by atoms with E-state index in [4.69, 9.17) is 4.74 Å². The maximum absolute atomic E-state index is 13.4. The standard InChI is InChI=1S/C22H21N3O6/c26-20-13-19(22(28)24(20)16-7-2-1-3-8-16)23(14-18-10-5-11-31-18)21(27)15-6-4-9-17(12-15)25(29)30/h1-4,6-9,12,18-19H,5,10-11,13-14H2. The second-order valence-corrected chi connectivity index (χ2v) is 7.52. The molecule has 0 spiro atoms. The van der Waals surface area contributed by atoms with Crippen molar-refractivity contribution in [2.75, 3.05) is 18.1 Å². The zero-order valence-electron chi connectivity index (χ0n) is 16.7. The monoisotopic (exact) mass is 423 g/mol. The van der Waals surface area contributed by atoms with Crippen molar-refractivity contribution in [2.45, 2.75) is 31.4 Å². The summed E-state index contributed by atoms with van der Waals surface area (Å²) in [7, 11) is 0. The summed E-state index contributed by atoms with van der Waals surface area (Å²) < 4.78 is 5.65. The lowest BCUT2D eigenvalue weighted by Gasteiger charge is -2.29. The molecule has 2 aromatic carbocycles. The molecule has 3 amide bonds. The number of non-ortho nitro benzene ring substituents is 1. The van der Waals surface area contributed by atoms with Crippen LogP contribution in [0.2, 0.25) is 0 Å². The van der Waals surface area contributed by atoms with Crippen LogP contribution in [0, 0.1) is 10.1 Å². The van der Waals surface area contributed by atoms with E-state index in [1.807, 2.05) is 0 Å². The van der Waals surface area contributed by atoms with Crippen molar-refractivity contribution in [2.24, 2.45) is 0 Å². The van der Waals surface area contributed by atoms with E-state index < -0.39 is 28.7 Å². The van der Waals surface area contributed by atoms with Crippen LogP contribution in [0.1, 0.15) is 29.6 Å². The smallest absolute Gasteiger partial charge is 0.270 e. The zero-order valence-corrected chi connectivity index (χ0v) is 16.7. The number of nitrogens with zero attached hydrogens (tertiary/aromatic N) is 3. The number of carbonyl (C=O) groups excluding carboxylic acids is 3. The van der Waals surface area contributed by atoms with Crippen molar-refractivity contribution in [3.63, 3.8) is 0 Å². The summed E-state index contributed by atoms with van der Waals surface area (Å²) in [5, 5.41) is 11.1. The maximum Gasteiger partial charge on any atom is 0.270 e. The van der Waals surface area contributed by atoms with Crippen LogP contribution in [-0.2, 0) is 14.3 Å². The highest BCUT2D eigenvalue weighted by Gasteiger charge is 2.45. The van der Waals surface area contributed by atoms with Gasteiger partial charge in [-0.05, 0) is 31.0 Å². The van der Waals surface area contributed by atoms with Crippen molar-refractivity contribution in [3.8, 4) is 0 Å². The predicted octanol–water partition coefficient (Wildman–Crippen LogP) is 2.55. The third-order valence-corrected chi connectivity index (χ3v) is 5.50. The third kappa shape index (κ3) is 4.17. The molecule has 0 radical (unpaired) electrons. The van der Waals surface area contributed by atoms with Crippen molar-refractivity contribution < 1.29 is 24.0 Å². The summed E-state index contributed by atoms with van der Waals surface area (Å²) in [6.45, 7) is 0.699. The average Bonchev–Trinajstić information content (AvgIpc) is 3.39. The van der Waals surface area contributed by atoms with Gasteiger partial charge in [-0.15, -0.1) is 0 Å². The highest BCUT2D eigenvalue weighted by Crippen LogP contribution is 2.28. The van der Waals surface area contributed by atoms with Crippen LogP contribution < -0.4 is 4.90 Å². The number of hydrogen-bond acceptors (Lipinski definition) is 6.